The maximum atomic E-state index is 5.60. The molecule has 3 nitrogen and oxygen atoms in total. The van der Waals surface area contributed by atoms with Crippen molar-refractivity contribution in [1.82, 2.24) is 4.57 Å². The predicted molar refractivity (Wildman–Crippen MR) is 66.2 cm³/mol. The summed E-state index contributed by atoms with van der Waals surface area (Å²) < 4.78 is 13.3. The molecule has 0 bridgehead atoms. The molecule has 0 fully saturated rings. The van der Waals surface area contributed by atoms with Crippen LogP contribution in [0.5, 0.6) is 11.5 Å². The highest BCUT2D eigenvalue weighted by atomic mass is 16.6. The number of hydrogen-bond acceptors (Lipinski definition) is 2. The average molecular weight is 229 g/mol. The van der Waals surface area contributed by atoms with Crippen LogP contribution in [-0.2, 0) is 0 Å². The van der Waals surface area contributed by atoms with E-state index >= 15 is 0 Å². The molecule has 1 aliphatic rings. The summed E-state index contributed by atoms with van der Waals surface area (Å²) in [6, 6.07) is 10.3. The van der Waals surface area contributed by atoms with Gasteiger partial charge in [-0.2, -0.15) is 0 Å². The second kappa shape index (κ2) is 3.84. The van der Waals surface area contributed by atoms with E-state index in [4.69, 9.17) is 9.47 Å². The molecule has 1 aromatic carbocycles. The third-order valence-electron chi connectivity index (χ3n) is 3.06. The van der Waals surface area contributed by atoms with Crippen LogP contribution in [0.25, 0.3) is 5.69 Å². The normalized spacial score (nSPS) is 13.8. The number of hydrogen-bond donors (Lipinski definition) is 0. The molecule has 88 valence electrons. The molecule has 0 unspecified atom stereocenters. The van der Waals surface area contributed by atoms with Gasteiger partial charge >= 0.3 is 0 Å². The van der Waals surface area contributed by atoms with Crippen molar-refractivity contribution in [3.05, 3.63) is 41.7 Å². The molecule has 0 N–H and O–H groups in total. The highest BCUT2D eigenvalue weighted by molar-refractivity contribution is 5.51. The molecule has 0 radical (unpaired) electrons. The molecule has 0 amide bonds. The van der Waals surface area contributed by atoms with Gasteiger partial charge in [-0.15, -0.1) is 0 Å². The van der Waals surface area contributed by atoms with Gasteiger partial charge in [0.25, 0.3) is 0 Å². The van der Waals surface area contributed by atoms with Crippen LogP contribution in [0, 0.1) is 13.8 Å². The van der Waals surface area contributed by atoms with Gasteiger partial charge < -0.3 is 14.0 Å². The summed E-state index contributed by atoms with van der Waals surface area (Å²) in [5, 5.41) is 0. The van der Waals surface area contributed by atoms with E-state index in [1.807, 2.05) is 12.1 Å². The zero-order valence-corrected chi connectivity index (χ0v) is 10.1. The highest BCUT2D eigenvalue weighted by Gasteiger charge is 2.13. The van der Waals surface area contributed by atoms with E-state index in [-0.39, 0.29) is 0 Å². The molecule has 0 spiro atoms. The zero-order chi connectivity index (χ0) is 11.8. The van der Waals surface area contributed by atoms with Gasteiger partial charge in [-0.25, -0.2) is 0 Å². The number of rotatable bonds is 1. The number of aromatic nitrogens is 1. The number of nitrogens with zero attached hydrogens (tertiary/aromatic N) is 1. The molecule has 1 aliphatic heterocycles. The van der Waals surface area contributed by atoms with Gasteiger partial charge in [-0.3, -0.25) is 0 Å². The molecule has 3 heteroatoms. The Morgan fingerprint density at radius 3 is 2.24 bits per heavy atom. The minimum Gasteiger partial charge on any atom is -0.486 e. The first kappa shape index (κ1) is 10.3. The Kier molecular flexibility index (Phi) is 2.32. The van der Waals surface area contributed by atoms with Crippen molar-refractivity contribution >= 4 is 0 Å². The Balaban J connectivity index is 2.10. The van der Waals surface area contributed by atoms with E-state index in [1.165, 1.54) is 11.4 Å². The number of benzene rings is 1. The maximum Gasteiger partial charge on any atom is 0.163 e. The molecule has 2 aromatic rings. The van der Waals surface area contributed by atoms with E-state index in [2.05, 4.69) is 36.6 Å². The number of aryl methyl sites for hydroxylation is 2. The fourth-order valence-corrected chi connectivity index (χ4v) is 2.25. The lowest BCUT2D eigenvalue weighted by Crippen LogP contribution is -2.15. The Hall–Kier alpha value is -1.90. The minimum absolute atomic E-state index is 0.625. The van der Waals surface area contributed by atoms with Gasteiger partial charge in [-0.05, 0) is 38.1 Å². The molecule has 1 aromatic heterocycles. The largest absolute Gasteiger partial charge is 0.486 e. The van der Waals surface area contributed by atoms with Crippen molar-refractivity contribution in [1.29, 1.82) is 0 Å². The monoisotopic (exact) mass is 229 g/mol. The van der Waals surface area contributed by atoms with Crippen molar-refractivity contribution in [3.63, 3.8) is 0 Å². The fraction of sp³-hybridized carbons (Fsp3) is 0.286. The Morgan fingerprint density at radius 1 is 0.882 bits per heavy atom. The van der Waals surface area contributed by atoms with E-state index in [1.54, 1.807) is 0 Å². The van der Waals surface area contributed by atoms with Crippen LogP contribution < -0.4 is 9.47 Å². The summed E-state index contributed by atoms with van der Waals surface area (Å²) in [5.74, 6) is 1.67. The van der Waals surface area contributed by atoms with Crippen LogP contribution in [0.3, 0.4) is 0 Å². The summed E-state index contributed by atoms with van der Waals surface area (Å²) in [4.78, 5) is 0. The Bertz CT molecular complexity index is 538. The lowest BCUT2D eigenvalue weighted by atomic mass is 10.2. The summed E-state index contributed by atoms with van der Waals surface area (Å²) in [6.07, 6.45) is 0. The van der Waals surface area contributed by atoms with Crippen molar-refractivity contribution in [2.24, 2.45) is 0 Å². The highest BCUT2D eigenvalue weighted by Crippen LogP contribution is 2.32. The molecule has 0 saturated heterocycles. The van der Waals surface area contributed by atoms with Crippen LogP contribution in [0.1, 0.15) is 11.4 Å². The van der Waals surface area contributed by atoms with Crippen LogP contribution in [0.4, 0.5) is 0 Å². The SMILES string of the molecule is Cc1ccc(C)n1-c1ccc2c(c1)OCCO2. The summed E-state index contributed by atoms with van der Waals surface area (Å²) >= 11 is 0. The van der Waals surface area contributed by atoms with E-state index in [0.29, 0.717) is 13.2 Å². The summed E-state index contributed by atoms with van der Waals surface area (Å²) in [6.45, 7) is 5.46. The second-order valence-electron chi connectivity index (χ2n) is 4.28. The maximum absolute atomic E-state index is 5.60. The number of ether oxygens (including phenoxy) is 2. The standard InChI is InChI=1S/C14H15NO2/c1-10-3-4-11(2)15(10)12-5-6-13-14(9-12)17-8-7-16-13/h3-6,9H,7-8H2,1-2H3. The smallest absolute Gasteiger partial charge is 0.163 e. The molecule has 0 atom stereocenters. The average Bonchev–Trinajstić information content (AvgIpc) is 2.68. The van der Waals surface area contributed by atoms with Gasteiger partial charge in [0, 0.05) is 23.1 Å². The topological polar surface area (TPSA) is 23.4 Å². The van der Waals surface area contributed by atoms with Gasteiger partial charge in [0.15, 0.2) is 11.5 Å². The van der Waals surface area contributed by atoms with Gasteiger partial charge in [-0.1, -0.05) is 0 Å². The summed E-state index contributed by atoms with van der Waals surface area (Å²) in [7, 11) is 0. The first-order chi connectivity index (χ1) is 8.25. The zero-order valence-electron chi connectivity index (χ0n) is 10.1. The van der Waals surface area contributed by atoms with Gasteiger partial charge in [0.05, 0.1) is 0 Å². The number of fused-ring (bicyclic) bond motifs is 1. The molecule has 0 aliphatic carbocycles. The quantitative estimate of drug-likeness (QED) is 0.750. The van der Waals surface area contributed by atoms with E-state index in [9.17, 15) is 0 Å². The van der Waals surface area contributed by atoms with Crippen LogP contribution >= 0.6 is 0 Å². The minimum atomic E-state index is 0.625. The summed E-state index contributed by atoms with van der Waals surface area (Å²) in [5.41, 5.74) is 3.56. The molecule has 2 heterocycles. The van der Waals surface area contributed by atoms with E-state index < -0.39 is 0 Å². The van der Waals surface area contributed by atoms with Crippen molar-refractivity contribution in [2.45, 2.75) is 13.8 Å². The first-order valence-electron chi connectivity index (χ1n) is 5.81. The predicted octanol–water partition coefficient (Wildman–Crippen LogP) is 2.87. The van der Waals surface area contributed by atoms with Crippen molar-refractivity contribution in [3.8, 4) is 17.2 Å². The van der Waals surface area contributed by atoms with Crippen LogP contribution in [0.2, 0.25) is 0 Å². The first-order valence-corrected chi connectivity index (χ1v) is 5.81. The molecule has 0 saturated carbocycles. The van der Waals surface area contributed by atoms with Crippen molar-refractivity contribution < 1.29 is 9.47 Å². The Morgan fingerprint density at radius 2 is 1.53 bits per heavy atom. The molecule has 3 rings (SSSR count). The van der Waals surface area contributed by atoms with E-state index in [0.717, 1.165) is 17.2 Å². The molecular formula is C14H15NO2. The van der Waals surface area contributed by atoms with Crippen molar-refractivity contribution in [2.75, 3.05) is 13.2 Å². The third-order valence-corrected chi connectivity index (χ3v) is 3.06. The fourth-order valence-electron chi connectivity index (χ4n) is 2.25. The van der Waals surface area contributed by atoms with Gasteiger partial charge in [0.1, 0.15) is 13.2 Å². The van der Waals surface area contributed by atoms with Crippen LogP contribution in [-0.4, -0.2) is 17.8 Å². The second-order valence-corrected chi connectivity index (χ2v) is 4.28. The third kappa shape index (κ3) is 1.68. The Labute approximate surface area is 101 Å². The molecular weight excluding hydrogens is 214 g/mol. The van der Waals surface area contributed by atoms with Gasteiger partial charge in [0.2, 0.25) is 0 Å². The molecule has 17 heavy (non-hydrogen) atoms. The lowest BCUT2D eigenvalue weighted by Gasteiger charge is -2.19. The van der Waals surface area contributed by atoms with Crippen LogP contribution in [0.15, 0.2) is 30.3 Å². The lowest BCUT2D eigenvalue weighted by molar-refractivity contribution is 0.171.